The molecule has 4 heteroatoms. The van der Waals surface area contributed by atoms with Crippen LogP contribution in [0.4, 0.5) is 5.82 Å². The molecule has 0 saturated carbocycles. The summed E-state index contributed by atoms with van der Waals surface area (Å²) in [5.74, 6) is 7.01. The quantitative estimate of drug-likeness (QED) is 0.801. The predicted molar refractivity (Wildman–Crippen MR) is 89.6 cm³/mol. The van der Waals surface area contributed by atoms with Crippen molar-refractivity contribution in [3.8, 4) is 11.8 Å². The number of likely N-dealkylation sites (tertiary alicyclic amines) is 1. The Hall–Kier alpha value is -2.02. The van der Waals surface area contributed by atoms with E-state index in [0.717, 1.165) is 38.2 Å². The van der Waals surface area contributed by atoms with Crippen molar-refractivity contribution in [3.63, 3.8) is 0 Å². The van der Waals surface area contributed by atoms with E-state index in [-0.39, 0.29) is 5.91 Å². The maximum absolute atomic E-state index is 11.7. The molecule has 0 atom stereocenters. The number of carbonyl (C=O) groups is 1. The van der Waals surface area contributed by atoms with E-state index in [9.17, 15) is 4.79 Å². The number of aryl methyl sites for hydroxylation is 1. The molecule has 0 bridgehead atoms. The fourth-order valence-electron chi connectivity index (χ4n) is 2.84. The highest BCUT2D eigenvalue weighted by atomic mass is 16.2. The minimum Gasteiger partial charge on any atom is -0.363 e. The second-order valence-electron chi connectivity index (χ2n) is 6.07. The zero-order valence-electron chi connectivity index (χ0n) is 13.8. The summed E-state index contributed by atoms with van der Waals surface area (Å²) in [7, 11) is 4.02. The fraction of sp³-hybridized carbons (Fsp3) is 0.556. The van der Waals surface area contributed by atoms with Crippen molar-refractivity contribution in [2.75, 3.05) is 32.1 Å². The third kappa shape index (κ3) is 4.49. The Morgan fingerprint density at radius 3 is 2.77 bits per heavy atom. The maximum Gasteiger partial charge on any atom is 0.298 e. The summed E-state index contributed by atoms with van der Waals surface area (Å²) >= 11 is 0. The monoisotopic (exact) mass is 299 g/mol. The van der Waals surface area contributed by atoms with E-state index in [1.165, 1.54) is 12.0 Å². The lowest BCUT2D eigenvalue weighted by molar-refractivity contribution is -0.126. The molecule has 0 spiro atoms. The van der Waals surface area contributed by atoms with Gasteiger partial charge in [-0.2, -0.15) is 0 Å². The molecule has 1 saturated heterocycles. The van der Waals surface area contributed by atoms with Crippen molar-refractivity contribution in [1.29, 1.82) is 0 Å². The number of piperidine rings is 1. The van der Waals surface area contributed by atoms with Crippen LogP contribution in [0.5, 0.6) is 0 Å². The molecule has 1 aliphatic rings. The number of pyridine rings is 1. The Morgan fingerprint density at radius 1 is 1.41 bits per heavy atom. The van der Waals surface area contributed by atoms with Gasteiger partial charge in [0.2, 0.25) is 0 Å². The molecule has 1 aliphatic heterocycles. The first-order valence-electron chi connectivity index (χ1n) is 7.94. The molecular formula is C18H25N3O. The van der Waals surface area contributed by atoms with Gasteiger partial charge in [-0.25, -0.2) is 4.98 Å². The summed E-state index contributed by atoms with van der Waals surface area (Å²) in [5.41, 5.74) is 1.34. The molecule has 1 aromatic rings. The van der Waals surface area contributed by atoms with Crippen molar-refractivity contribution in [3.05, 3.63) is 23.9 Å². The summed E-state index contributed by atoms with van der Waals surface area (Å²) in [4.78, 5) is 20.0. The molecule has 22 heavy (non-hydrogen) atoms. The van der Waals surface area contributed by atoms with Crippen LogP contribution < -0.4 is 4.90 Å². The smallest absolute Gasteiger partial charge is 0.298 e. The first-order chi connectivity index (χ1) is 10.6. The average Bonchev–Trinajstić information content (AvgIpc) is 2.54. The van der Waals surface area contributed by atoms with Crippen LogP contribution in [-0.2, 0) is 11.2 Å². The highest BCUT2D eigenvalue weighted by molar-refractivity contribution is 5.93. The standard InChI is InChI=1S/C18H25N3O/c1-4-5-18(22)21-12-9-15(10-13-21)6-7-16-8-11-19-17(14-16)20(2)3/h8,11,14-15H,6-7,9-10,12-13H2,1-3H3. The zero-order valence-corrected chi connectivity index (χ0v) is 13.8. The molecule has 0 aliphatic carbocycles. The normalized spacial score (nSPS) is 15.1. The van der Waals surface area contributed by atoms with Crippen molar-refractivity contribution in [2.45, 2.75) is 32.6 Å². The van der Waals surface area contributed by atoms with E-state index in [0.29, 0.717) is 5.92 Å². The van der Waals surface area contributed by atoms with Crippen LogP contribution in [0.3, 0.4) is 0 Å². The molecule has 1 amide bonds. The predicted octanol–water partition coefficient (Wildman–Crippen LogP) is 2.34. The Labute approximate surface area is 133 Å². The highest BCUT2D eigenvalue weighted by Crippen LogP contribution is 2.23. The molecule has 2 rings (SSSR count). The van der Waals surface area contributed by atoms with Crippen LogP contribution in [0.15, 0.2) is 18.3 Å². The molecule has 0 aromatic carbocycles. The molecule has 1 aromatic heterocycles. The van der Waals surface area contributed by atoms with Crippen LogP contribution in [0, 0.1) is 17.8 Å². The number of hydrogen-bond acceptors (Lipinski definition) is 3. The number of nitrogens with zero attached hydrogens (tertiary/aromatic N) is 3. The molecule has 0 radical (unpaired) electrons. The summed E-state index contributed by atoms with van der Waals surface area (Å²) in [6.07, 6.45) is 6.32. The second kappa shape index (κ2) is 7.84. The van der Waals surface area contributed by atoms with Gasteiger partial charge < -0.3 is 9.80 Å². The number of rotatable bonds is 4. The molecule has 0 unspecified atom stereocenters. The number of aromatic nitrogens is 1. The Bertz CT molecular complexity index is 563. The van der Waals surface area contributed by atoms with Gasteiger partial charge in [0.15, 0.2) is 0 Å². The van der Waals surface area contributed by atoms with E-state index in [1.54, 1.807) is 6.92 Å². The van der Waals surface area contributed by atoms with Crippen LogP contribution in [-0.4, -0.2) is 43.0 Å². The number of hydrogen-bond donors (Lipinski definition) is 0. The SMILES string of the molecule is CC#CC(=O)N1CCC(CCc2ccnc(N(C)C)c2)CC1. The summed E-state index contributed by atoms with van der Waals surface area (Å²) in [6.45, 7) is 3.40. The van der Waals surface area contributed by atoms with E-state index >= 15 is 0 Å². The number of anilines is 1. The van der Waals surface area contributed by atoms with Gasteiger partial charge in [0.25, 0.3) is 5.91 Å². The van der Waals surface area contributed by atoms with Crippen LogP contribution >= 0.6 is 0 Å². The summed E-state index contributed by atoms with van der Waals surface area (Å²) < 4.78 is 0. The third-order valence-electron chi connectivity index (χ3n) is 4.24. The van der Waals surface area contributed by atoms with Gasteiger partial charge in [0.05, 0.1) is 0 Å². The molecule has 4 nitrogen and oxygen atoms in total. The Kier molecular flexibility index (Phi) is 5.83. The lowest BCUT2D eigenvalue weighted by Crippen LogP contribution is -2.37. The Balaban J connectivity index is 1.80. The zero-order chi connectivity index (χ0) is 15.9. The van der Waals surface area contributed by atoms with Gasteiger partial charge in [-0.1, -0.05) is 5.92 Å². The van der Waals surface area contributed by atoms with Crippen molar-refractivity contribution in [2.24, 2.45) is 5.92 Å². The Morgan fingerprint density at radius 2 is 2.14 bits per heavy atom. The number of carbonyl (C=O) groups excluding carboxylic acids is 1. The summed E-state index contributed by atoms with van der Waals surface area (Å²) in [5, 5.41) is 0. The second-order valence-corrected chi connectivity index (χ2v) is 6.07. The van der Waals surface area contributed by atoms with Crippen LogP contribution in [0.25, 0.3) is 0 Å². The summed E-state index contributed by atoms with van der Waals surface area (Å²) in [6, 6.07) is 4.26. The van der Waals surface area contributed by atoms with Gasteiger partial charge in [-0.15, -0.1) is 0 Å². The van der Waals surface area contributed by atoms with Crippen LogP contribution in [0.1, 0.15) is 31.7 Å². The molecule has 2 heterocycles. The van der Waals surface area contributed by atoms with E-state index in [4.69, 9.17) is 0 Å². The van der Waals surface area contributed by atoms with Gasteiger partial charge in [0.1, 0.15) is 5.82 Å². The van der Waals surface area contributed by atoms with Gasteiger partial charge in [0, 0.05) is 33.4 Å². The molecule has 0 N–H and O–H groups in total. The topological polar surface area (TPSA) is 36.4 Å². The molecular weight excluding hydrogens is 274 g/mol. The largest absolute Gasteiger partial charge is 0.363 e. The van der Waals surface area contributed by atoms with Gasteiger partial charge in [-0.05, 0) is 62.1 Å². The third-order valence-corrected chi connectivity index (χ3v) is 4.24. The van der Waals surface area contributed by atoms with E-state index in [2.05, 4.69) is 29.0 Å². The fourth-order valence-corrected chi connectivity index (χ4v) is 2.84. The first kappa shape index (κ1) is 16.4. The van der Waals surface area contributed by atoms with E-state index in [1.807, 2.05) is 30.1 Å². The molecule has 118 valence electrons. The lowest BCUT2D eigenvalue weighted by Gasteiger charge is -2.30. The van der Waals surface area contributed by atoms with Crippen molar-refractivity contribution >= 4 is 11.7 Å². The minimum atomic E-state index is -0.0225. The lowest BCUT2D eigenvalue weighted by atomic mass is 9.90. The van der Waals surface area contributed by atoms with Crippen LogP contribution in [0.2, 0.25) is 0 Å². The van der Waals surface area contributed by atoms with Crippen molar-refractivity contribution in [1.82, 2.24) is 9.88 Å². The minimum absolute atomic E-state index is 0.0225. The maximum atomic E-state index is 11.7. The highest BCUT2D eigenvalue weighted by Gasteiger charge is 2.21. The first-order valence-corrected chi connectivity index (χ1v) is 7.94. The van der Waals surface area contributed by atoms with E-state index < -0.39 is 0 Å². The molecule has 1 fully saturated rings. The van der Waals surface area contributed by atoms with Gasteiger partial charge >= 0.3 is 0 Å². The van der Waals surface area contributed by atoms with Gasteiger partial charge in [-0.3, -0.25) is 4.79 Å². The average molecular weight is 299 g/mol. The number of amides is 1. The van der Waals surface area contributed by atoms with Crippen molar-refractivity contribution < 1.29 is 4.79 Å².